The standard InChI is InChI=1S/C29H28N4O5/c1-4-27(34)33-15-29(16-33)13-19(14-29)38-26-11-20-21(12-25(26)36-3)30-17-31-28(20)32-22-10-18(7-8-24(22)35-2)23-6-5-9-37-23/h4-12,17,19H,1,13-16H2,2-3H3,(H,30,31,32). The van der Waals surface area contributed by atoms with Crippen LogP contribution in [-0.4, -0.2) is 54.2 Å². The molecule has 1 N–H and O–H groups in total. The zero-order chi connectivity index (χ0) is 26.3. The molecule has 1 saturated carbocycles. The number of nitrogens with one attached hydrogen (secondary N) is 1. The van der Waals surface area contributed by atoms with Crippen LogP contribution in [0.1, 0.15) is 12.8 Å². The maximum Gasteiger partial charge on any atom is 0.245 e. The highest BCUT2D eigenvalue weighted by molar-refractivity contribution is 5.93. The minimum Gasteiger partial charge on any atom is -0.495 e. The molecule has 1 amide bonds. The molecule has 2 aliphatic rings. The van der Waals surface area contributed by atoms with Crippen molar-refractivity contribution in [1.82, 2.24) is 14.9 Å². The van der Waals surface area contributed by atoms with Gasteiger partial charge >= 0.3 is 0 Å². The van der Waals surface area contributed by atoms with Crippen molar-refractivity contribution < 1.29 is 23.4 Å². The van der Waals surface area contributed by atoms with Crippen LogP contribution in [0.2, 0.25) is 0 Å². The highest BCUT2D eigenvalue weighted by atomic mass is 16.5. The molecule has 3 heterocycles. The monoisotopic (exact) mass is 512 g/mol. The Labute approximate surface area is 220 Å². The second-order valence-corrected chi connectivity index (χ2v) is 9.81. The maximum atomic E-state index is 11.8. The first-order chi connectivity index (χ1) is 18.5. The van der Waals surface area contributed by atoms with Gasteiger partial charge in [0.1, 0.15) is 29.8 Å². The van der Waals surface area contributed by atoms with Crippen molar-refractivity contribution in [3.8, 4) is 28.6 Å². The molecule has 38 heavy (non-hydrogen) atoms. The Morgan fingerprint density at radius 1 is 1.11 bits per heavy atom. The number of carbonyl (C=O) groups excluding carboxylic acids is 1. The summed E-state index contributed by atoms with van der Waals surface area (Å²) in [6.45, 7) is 5.09. The molecule has 1 saturated heterocycles. The predicted octanol–water partition coefficient (Wildman–Crippen LogP) is 5.21. The molecular formula is C29H28N4O5. The molecule has 2 fully saturated rings. The van der Waals surface area contributed by atoms with Crippen LogP contribution in [0.3, 0.4) is 0 Å². The van der Waals surface area contributed by atoms with Crippen LogP contribution in [-0.2, 0) is 4.79 Å². The number of anilines is 2. The Morgan fingerprint density at radius 2 is 1.92 bits per heavy atom. The summed E-state index contributed by atoms with van der Waals surface area (Å²) in [4.78, 5) is 22.6. The number of amides is 1. The van der Waals surface area contributed by atoms with E-state index >= 15 is 0 Å². The van der Waals surface area contributed by atoms with Crippen LogP contribution in [0.4, 0.5) is 11.5 Å². The van der Waals surface area contributed by atoms with Gasteiger partial charge in [-0.05, 0) is 55.3 Å². The van der Waals surface area contributed by atoms with Gasteiger partial charge < -0.3 is 28.8 Å². The minimum absolute atomic E-state index is 0.0115. The molecule has 9 heteroatoms. The zero-order valence-corrected chi connectivity index (χ0v) is 21.3. The summed E-state index contributed by atoms with van der Waals surface area (Å²) >= 11 is 0. The van der Waals surface area contributed by atoms with Gasteiger partial charge in [-0.25, -0.2) is 9.97 Å². The topological polar surface area (TPSA) is 99.0 Å². The smallest absolute Gasteiger partial charge is 0.245 e. The van der Waals surface area contributed by atoms with Crippen LogP contribution >= 0.6 is 0 Å². The van der Waals surface area contributed by atoms with Crippen molar-refractivity contribution in [3.05, 3.63) is 67.7 Å². The van der Waals surface area contributed by atoms with E-state index in [1.165, 1.54) is 12.4 Å². The van der Waals surface area contributed by atoms with Crippen molar-refractivity contribution in [2.75, 3.05) is 32.6 Å². The van der Waals surface area contributed by atoms with E-state index in [1.807, 2.05) is 47.4 Å². The summed E-state index contributed by atoms with van der Waals surface area (Å²) in [5, 5.41) is 4.19. The van der Waals surface area contributed by atoms with E-state index in [-0.39, 0.29) is 17.4 Å². The summed E-state index contributed by atoms with van der Waals surface area (Å²) in [5.41, 5.74) is 2.52. The fraction of sp³-hybridized carbons (Fsp3) is 0.276. The van der Waals surface area contributed by atoms with Crippen LogP contribution in [0.5, 0.6) is 17.2 Å². The Bertz CT molecular complexity index is 1500. The van der Waals surface area contributed by atoms with E-state index < -0.39 is 0 Å². The van der Waals surface area contributed by atoms with Gasteiger partial charge in [-0.15, -0.1) is 0 Å². The Balaban J connectivity index is 1.26. The van der Waals surface area contributed by atoms with Crippen molar-refractivity contribution in [3.63, 3.8) is 0 Å². The molecule has 4 aromatic rings. The molecule has 0 bridgehead atoms. The van der Waals surface area contributed by atoms with Gasteiger partial charge in [0, 0.05) is 35.5 Å². The van der Waals surface area contributed by atoms with Gasteiger partial charge in [-0.1, -0.05) is 6.58 Å². The normalized spacial score (nSPS) is 16.0. The van der Waals surface area contributed by atoms with E-state index in [1.54, 1.807) is 20.5 Å². The summed E-state index contributed by atoms with van der Waals surface area (Å²) < 4.78 is 23.2. The van der Waals surface area contributed by atoms with Crippen molar-refractivity contribution in [1.29, 1.82) is 0 Å². The first kappa shape index (κ1) is 23.8. The van der Waals surface area contributed by atoms with E-state index in [2.05, 4.69) is 21.9 Å². The van der Waals surface area contributed by atoms with E-state index in [9.17, 15) is 4.79 Å². The number of hydrogen-bond acceptors (Lipinski definition) is 8. The van der Waals surface area contributed by atoms with Gasteiger partial charge in [0.15, 0.2) is 11.5 Å². The Kier molecular flexibility index (Phi) is 5.90. The number of rotatable bonds is 8. The number of methoxy groups -OCH3 is 2. The summed E-state index contributed by atoms with van der Waals surface area (Å²) in [6, 6.07) is 13.3. The zero-order valence-electron chi connectivity index (χ0n) is 21.3. The molecule has 194 valence electrons. The number of ether oxygens (including phenoxy) is 3. The van der Waals surface area contributed by atoms with Crippen LogP contribution < -0.4 is 19.5 Å². The number of furan rings is 1. The quantitative estimate of drug-likeness (QED) is 0.322. The number of likely N-dealkylation sites (tertiary alicyclic amines) is 1. The number of carbonyl (C=O) groups is 1. The van der Waals surface area contributed by atoms with E-state index in [4.69, 9.17) is 18.6 Å². The molecule has 6 rings (SSSR count). The van der Waals surface area contributed by atoms with Crippen LogP contribution in [0.25, 0.3) is 22.2 Å². The fourth-order valence-electron chi connectivity index (χ4n) is 5.42. The third kappa shape index (κ3) is 4.19. The number of nitrogens with zero attached hydrogens (tertiary/aromatic N) is 3. The molecule has 2 aromatic carbocycles. The third-order valence-corrected chi connectivity index (χ3v) is 7.33. The Morgan fingerprint density at radius 3 is 2.63 bits per heavy atom. The lowest BCUT2D eigenvalue weighted by molar-refractivity contribution is -0.155. The number of aromatic nitrogens is 2. The number of benzene rings is 2. The molecule has 0 radical (unpaired) electrons. The molecule has 1 spiro atoms. The molecule has 1 aliphatic heterocycles. The van der Waals surface area contributed by atoms with Gasteiger partial charge in [-0.3, -0.25) is 4.79 Å². The lowest BCUT2D eigenvalue weighted by Crippen LogP contribution is -2.65. The van der Waals surface area contributed by atoms with E-state index in [0.717, 1.165) is 53.8 Å². The van der Waals surface area contributed by atoms with Crippen LogP contribution in [0.15, 0.2) is 72.1 Å². The first-order valence-corrected chi connectivity index (χ1v) is 12.4. The van der Waals surface area contributed by atoms with Gasteiger partial charge in [0.05, 0.1) is 31.7 Å². The first-order valence-electron chi connectivity index (χ1n) is 12.4. The second-order valence-electron chi connectivity index (χ2n) is 9.81. The molecule has 1 aliphatic carbocycles. The summed E-state index contributed by atoms with van der Waals surface area (Å²) in [5.74, 6) is 3.26. The van der Waals surface area contributed by atoms with Gasteiger partial charge in [0.2, 0.25) is 5.91 Å². The Hall–Kier alpha value is -4.53. The summed E-state index contributed by atoms with van der Waals surface area (Å²) in [6.07, 6.45) is 6.36. The lowest BCUT2D eigenvalue weighted by atomic mass is 9.61. The summed E-state index contributed by atoms with van der Waals surface area (Å²) in [7, 11) is 3.24. The molecule has 0 unspecified atom stereocenters. The average molecular weight is 513 g/mol. The largest absolute Gasteiger partial charge is 0.495 e. The minimum atomic E-state index is -0.0115. The van der Waals surface area contributed by atoms with Crippen molar-refractivity contribution in [2.45, 2.75) is 18.9 Å². The predicted molar refractivity (Wildman–Crippen MR) is 143 cm³/mol. The van der Waals surface area contributed by atoms with E-state index in [0.29, 0.717) is 23.1 Å². The van der Waals surface area contributed by atoms with Crippen molar-refractivity contribution >= 4 is 28.3 Å². The second kappa shape index (κ2) is 9.41. The van der Waals surface area contributed by atoms with Gasteiger partial charge in [-0.2, -0.15) is 0 Å². The molecule has 0 atom stereocenters. The fourth-order valence-corrected chi connectivity index (χ4v) is 5.42. The molecular weight excluding hydrogens is 484 g/mol. The molecule has 9 nitrogen and oxygen atoms in total. The third-order valence-electron chi connectivity index (χ3n) is 7.33. The van der Waals surface area contributed by atoms with Crippen LogP contribution in [0, 0.1) is 5.41 Å². The van der Waals surface area contributed by atoms with Gasteiger partial charge in [0.25, 0.3) is 0 Å². The SMILES string of the molecule is C=CC(=O)N1CC2(CC(Oc3cc4c(Nc5cc(-c6ccco6)ccc5OC)ncnc4cc3OC)C2)C1. The maximum absolute atomic E-state index is 11.8. The van der Waals surface area contributed by atoms with Crippen molar-refractivity contribution in [2.24, 2.45) is 5.41 Å². The lowest BCUT2D eigenvalue weighted by Gasteiger charge is -2.58. The number of hydrogen-bond donors (Lipinski definition) is 1. The average Bonchev–Trinajstić information content (AvgIpc) is 3.44. The molecule has 2 aromatic heterocycles. The highest BCUT2D eigenvalue weighted by Crippen LogP contribution is 2.50. The highest BCUT2D eigenvalue weighted by Gasteiger charge is 2.54. The number of fused-ring (bicyclic) bond motifs is 1.